The molecular weight excluding hydrogens is 223 g/mol. The van der Waals surface area contributed by atoms with Crippen LogP contribution in [0, 0.1) is 6.92 Å². The van der Waals surface area contributed by atoms with E-state index >= 15 is 0 Å². The number of hydrogen-bond acceptors (Lipinski definition) is 1. The summed E-state index contributed by atoms with van der Waals surface area (Å²) < 4.78 is 2.07. The fraction of sp³-hybridized carbons (Fsp3) is 0.200. The molecule has 0 nitrogen and oxygen atoms in total. The van der Waals surface area contributed by atoms with Crippen molar-refractivity contribution in [2.45, 2.75) is 12.8 Å². The molecule has 1 heterocycles. The summed E-state index contributed by atoms with van der Waals surface area (Å²) in [5.74, 6) is 0.488. The van der Waals surface area contributed by atoms with Gasteiger partial charge in [-0.05, 0) is 17.9 Å². The molecule has 1 aromatic carbocycles. The number of hydrogen-bond donors (Lipinski definition) is 0. The van der Waals surface area contributed by atoms with Crippen molar-refractivity contribution in [2.24, 2.45) is 0 Å². The minimum atomic E-state index is 0.488. The van der Waals surface area contributed by atoms with Crippen LogP contribution in [0.15, 0.2) is 18.2 Å². The van der Waals surface area contributed by atoms with Crippen LogP contribution in [0.4, 0.5) is 0 Å². The summed E-state index contributed by atoms with van der Waals surface area (Å²) in [4.78, 5) is 0. The Hall–Kier alpha value is -0.240. The van der Waals surface area contributed by atoms with Crippen molar-refractivity contribution in [3.63, 3.8) is 0 Å². The van der Waals surface area contributed by atoms with Gasteiger partial charge in [-0.25, -0.2) is 0 Å². The molecule has 3 heteroatoms. The van der Waals surface area contributed by atoms with Gasteiger partial charge in [0.2, 0.25) is 0 Å². The zero-order chi connectivity index (χ0) is 9.42. The van der Waals surface area contributed by atoms with E-state index in [-0.39, 0.29) is 0 Å². The standard InChI is InChI=1S/C10H8Cl2S/c1-6-3-2-4-7-8(5-11)10(12)13-9(6)7/h2-4H,5H2,1H3. The van der Waals surface area contributed by atoms with E-state index < -0.39 is 0 Å². The lowest BCUT2D eigenvalue weighted by atomic mass is 10.1. The summed E-state index contributed by atoms with van der Waals surface area (Å²) in [6, 6.07) is 6.20. The average molecular weight is 231 g/mol. The van der Waals surface area contributed by atoms with Crippen LogP contribution in [0.5, 0.6) is 0 Å². The number of halogens is 2. The molecule has 13 heavy (non-hydrogen) atoms. The molecule has 1 aromatic heterocycles. The Labute approximate surface area is 91.1 Å². The third kappa shape index (κ3) is 1.45. The quantitative estimate of drug-likeness (QED) is 0.629. The number of fused-ring (bicyclic) bond motifs is 1. The second kappa shape index (κ2) is 3.49. The number of thiophene rings is 1. The molecule has 2 rings (SSSR count). The molecule has 2 aromatic rings. The second-order valence-electron chi connectivity index (χ2n) is 2.94. The fourth-order valence-electron chi connectivity index (χ4n) is 1.41. The Kier molecular flexibility index (Phi) is 2.50. The van der Waals surface area contributed by atoms with Crippen LogP contribution in [0.2, 0.25) is 4.34 Å². The Bertz CT molecular complexity index is 445. The molecule has 68 valence electrons. The van der Waals surface area contributed by atoms with Gasteiger partial charge in [-0.15, -0.1) is 22.9 Å². The molecule has 0 saturated carbocycles. The largest absolute Gasteiger partial charge is 0.123 e. The van der Waals surface area contributed by atoms with Crippen LogP contribution in [-0.2, 0) is 5.88 Å². The number of alkyl halides is 1. The van der Waals surface area contributed by atoms with E-state index in [4.69, 9.17) is 23.2 Å². The van der Waals surface area contributed by atoms with Gasteiger partial charge in [-0.1, -0.05) is 29.8 Å². The van der Waals surface area contributed by atoms with Crippen LogP contribution >= 0.6 is 34.5 Å². The SMILES string of the molecule is Cc1cccc2c(CCl)c(Cl)sc12. The summed E-state index contributed by atoms with van der Waals surface area (Å²) in [7, 11) is 0. The molecule has 0 radical (unpaired) electrons. The van der Waals surface area contributed by atoms with E-state index in [0.717, 1.165) is 9.90 Å². The maximum Gasteiger partial charge on any atom is 0.0985 e. The average Bonchev–Trinajstić information content (AvgIpc) is 2.43. The van der Waals surface area contributed by atoms with Crippen molar-refractivity contribution < 1.29 is 0 Å². The molecule has 0 fully saturated rings. The van der Waals surface area contributed by atoms with Crippen molar-refractivity contribution in [1.29, 1.82) is 0 Å². The molecule has 0 bridgehead atoms. The van der Waals surface area contributed by atoms with E-state index in [1.807, 2.05) is 6.07 Å². The summed E-state index contributed by atoms with van der Waals surface area (Å²) >= 11 is 13.5. The highest BCUT2D eigenvalue weighted by molar-refractivity contribution is 7.23. The van der Waals surface area contributed by atoms with Gasteiger partial charge < -0.3 is 0 Å². The van der Waals surface area contributed by atoms with Crippen LogP contribution in [0.3, 0.4) is 0 Å². The van der Waals surface area contributed by atoms with Crippen LogP contribution in [0.1, 0.15) is 11.1 Å². The topological polar surface area (TPSA) is 0 Å². The first kappa shape index (κ1) is 9.32. The molecule has 0 saturated heterocycles. The smallest absolute Gasteiger partial charge is 0.0985 e. The number of aryl methyl sites for hydroxylation is 1. The molecule has 0 aliphatic carbocycles. The molecule has 0 atom stereocenters. The Morgan fingerprint density at radius 3 is 2.85 bits per heavy atom. The minimum Gasteiger partial charge on any atom is -0.123 e. The van der Waals surface area contributed by atoms with E-state index in [2.05, 4.69) is 19.1 Å². The molecule has 0 N–H and O–H groups in total. The summed E-state index contributed by atoms with van der Waals surface area (Å²) in [5, 5.41) is 1.20. The van der Waals surface area contributed by atoms with E-state index in [0.29, 0.717) is 5.88 Å². The van der Waals surface area contributed by atoms with Crippen molar-refractivity contribution in [3.05, 3.63) is 33.7 Å². The minimum absolute atomic E-state index is 0.488. The van der Waals surface area contributed by atoms with Crippen LogP contribution in [-0.4, -0.2) is 0 Å². The Morgan fingerprint density at radius 1 is 1.38 bits per heavy atom. The summed E-state index contributed by atoms with van der Waals surface area (Å²) in [5.41, 5.74) is 2.33. The van der Waals surface area contributed by atoms with Gasteiger partial charge in [-0.2, -0.15) is 0 Å². The molecular formula is C10H8Cl2S. The van der Waals surface area contributed by atoms with Crippen molar-refractivity contribution in [1.82, 2.24) is 0 Å². The maximum atomic E-state index is 6.07. The van der Waals surface area contributed by atoms with E-state index in [9.17, 15) is 0 Å². The highest BCUT2D eigenvalue weighted by atomic mass is 35.5. The monoisotopic (exact) mass is 230 g/mol. The lowest BCUT2D eigenvalue weighted by molar-refractivity contribution is 1.48. The van der Waals surface area contributed by atoms with Crippen LogP contribution < -0.4 is 0 Å². The first-order valence-electron chi connectivity index (χ1n) is 3.96. The molecule has 0 unspecified atom stereocenters. The summed E-state index contributed by atoms with van der Waals surface area (Å²) in [6.45, 7) is 2.09. The van der Waals surface area contributed by atoms with E-state index in [1.165, 1.54) is 15.6 Å². The number of benzene rings is 1. The predicted octanol–water partition coefficient (Wildman–Crippen LogP) is 4.60. The Balaban J connectivity index is 2.86. The van der Waals surface area contributed by atoms with E-state index in [1.54, 1.807) is 11.3 Å². The first-order valence-corrected chi connectivity index (χ1v) is 5.69. The van der Waals surface area contributed by atoms with Gasteiger partial charge in [0.15, 0.2) is 0 Å². The highest BCUT2D eigenvalue weighted by Crippen LogP contribution is 2.37. The van der Waals surface area contributed by atoms with Crippen molar-refractivity contribution >= 4 is 44.6 Å². The molecule has 0 spiro atoms. The van der Waals surface area contributed by atoms with Gasteiger partial charge in [0, 0.05) is 10.3 Å². The molecule has 0 amide bonds. The maximum absolute atomic E-state index is 6.07. The van der Waals surface area contributed by atoms with Gasteiger partial charge in [-0.3, -0.25) is 0 Å². The van der Waals surface area contributed by atoms with Crippen molar-refractivity contribution in [2.75, 3.05) is 0 Å². The first-order chi connectivity index (χ1) is 6.24. The van der Waals surface area contributed by atoms with Gasteiger partial charge in [0.1, 0.15) is 0 Å². The molecule has 0 aliphatic rings. The number of rotatable bonds is 1. The third-order valence-corrected chi connectivity index (χ3v) is 4.00. The zero-order valence-corrected chi connectivity index (χ0v) is 9.43. The lowest BCUT2D eigenvalue weighted by Crippen LogP contribution is -1.75. The Morgan fingerprint density at radius 2 is 2.15 bits per heavy atom. The predicted molar refractivity (Wildman–Crippen MR) is 61.1 cm³/mol. The van der Waals surface area contributed by atoms with Crippen LogP contribution in [0.25, 0.3) is 10.1 Å². The van der Waals surface area contributed by atoms with Gasteiger partial charge >= 0.3 is 0 Å². The zero-order valence-electron chi connectivity index (χ0n) is 7.10. The fourth-order valence-corrected chi connectivity index (χ4v) is 3.25. The second-order valence-corrected chi connectivity index (χ2v) is 4.83. The summed E-state index contributed by atoms with van der Waals surface area (Å²) in [6.07, 6.45) is 0. The normalized spacial score (nSPS) is 11.0. The molecule has 0 aliphatic heterocycles. The lowest BCUT2D eigenvalue weighted by Gasteiger charge is -1.95. The van der Waals surface area contributed by atoms with Gasteiger partial charge in [0.05, 0.1) is 10.2 Å². The highest BCUT2D eigenvalue weighted by Gasteiger charge is 2.09. The van der Waals surface area contributed by atoms with Crippen molar-refractivity contribution in [3.8, 4) is 0 Å². The third-order valence-electron chi connectivity index (χ3n) is 2.10. The van der Waals surface area contributed by atoms with Gasteiger partial charge in [0.25, 0.3) is 0 Å².